The number of carbonyl (C=O) groups is 1. The molecule has 0 heterocycles. The van der Waals surface area contributed by atoms with Gasteiger partial charge in [0.25, 0.3) is 0 Å². The Labute approximate surface area is 112 Å². The fourth-order valence-corrected chi connectivity index (χ4v) is 5.57. The van der Waals surface area contributed by atoms with Gasteiger partial charge in [0.05, 0.1) is 0 Å². The standard InChI is InChI=1S/C17H28O/c1-11-6-5-7-13(15(11)18)14-10-12-8-9-17(14,4)16(12,2)3/h11-14H,5-10H2,1-4H3/t11?,12-,13?,14+,17+/m0/s1. The molecule has 0 amide bonds. The molecule has 0 radical (unpaired) electrons. The maximum Gasteiger partial charge on any atom is 0.139 e. The monoisotopic (exact) mass is 248 g/mol. The van der Waals surface area contributed by atoms with Crippen LogP contribution in [0, 0.1) is 34.5 Å². The minimum absolute atomic E-state index is 0.328. The van der Waals surface area contributed by atoms with Crippen molar-refractivity contribution < 1.29 is 4.79 Å². The van der Waals surface area contributed by atoms with Crippen LogP contribution in [0.15, 0.2) is 0 Å². The summed E-state index contributed by atoms with van der Waals surface area (Å²) in [7, 11) is 0. The summed E-state index contributed by atoms with van der Waals surface area (Å²) in [6.45, 7) is 9.55. The summed E-state index contributed by atoms with van der Waals surface area (Å²) in [5, 5.41) is 0. The van der Waals surface area contributed by atoms with Crippen LogP contribution in [0.4, 0.5) is 0 Å². The smallest absolute Gasteiger partial charge is 0.139 e. The van der Waals surface area contributed by atoms with Crippen LogP contribution < -0.4 is 0 Å². The number of ketones is 1. The Hall–Kier alpha value is -0.330. The molecule has 3 rings (SSSR count). The highest BCUT2D eigenvalue weighted by atomic mass is 16.1. The van der Waals surface area contributed by atoms with Gasteiger partial charge in [0.15, 0.2) is 0 Å². The van der Waals surface area contributed by atoms with E-state index in [4.69, 9.17) is 0 Å². The molecule has 1 heteroatoms. The van der Waals surface area contributed by atoms with Crippen molar-refractivity contribution in [3.8, 4) is 0 Å². The first-order valence-electron chi connectivity index (χ1n) is 7.91. The van der Waals surface area contributed by atoms with E-state index in [0.717, 1.165) is 12.3 Å². The third kappa shape index (κ3) is 1.42. The van der Waals surface area contributed by atoms with Gasteiger partial charge >= 0.3 is 0 Å². The number of hydrogen-bond donors (Lipinski definition) is 0. The third-order valence-corrected chi connectivity index (χ3v) is 7.35. The van der Waals surface area contributed by atoms with E-state index < -0.39 is 0 Å². The van der Waals surface area contributed by atoms with E-state index in [-0.39, 0.29) is 0 Å². The molecule has 0 aromatic rings. The van der Waals surface area contributed by atoms with Crippen molar-refractivity contribution in [2.75, 3.05) is 0 Å². The highest BCUT2D eigenvalue weighted by molar-refractivity contribution is 5.84. The average molecular weight is 248 g/mol. The number of fused-ring (bicyclic) bond motifs is 2. The molecule has 0 saturated heterocycles. The zero-order valence-electron chi connectivity index (χ0n) is 12.5. The predicted molar refractivity (Wildman–Crippen MR) is 74.2 cm³/mol. The second-order valence-electron chi connectivity index (χ2n) is 8.06. The first kappa shape index (κ1) is 12.7. The Bertz CT molecular complexity index is 370. The third-order valence-electron chi connectivity index (χ3n) is 7.35. The maximum atomic E-state index is 12.5. The van der Waals surface area contributed by atoms with Gasteiger partial charge in [0, 0.05) is 11.8 Å². The van der Waals surface area contributed by atoms with E-state index >= 15 is 0 Å². The van der Waals surface area contributed by atoms with Crippen LogP contribution in [0.1, 0.15) is 66.2 Å². The summed E-state index contributed by atoms with van der Waals surface area (Å²) in [6, 6.07) is 0. The van der Waals surface area contributed by atoms with Crippen molar-refractivity contribution in [3.05, 3.63) is 0 Å². The van der Waals surface area contributed by atoms with Crippen molar-refractivity contribution in [3.63, 3.8) is 0 Å². The van der Waals surface area contributed by atoms with E-state index in [9.17, 15) is 4.79 Å². The molecule has 3 saturated carbocycles. The molecule has 18 heavy (non-hydrogen) atoms. The summed E-state index contributed by atoms with van der Waals surface area (Å²) < 4.78 is 0. The Morgan fingerprint density at radius 1 is 1.11 bits per heavy atom. The van der Waals surface area contributed by atoms with Crippen molar-refractivity contribution in [1.29, 1.82) is 0 Å². The first-order chi connectivity index (χ1) is 8.38. The fourth-order valence-electron chi connectivity index (χ4n) is 5.57. The largest absolute Gasteiger partial charge is 0.299 e. The van der Waals surface area contributed by atoms with Gasteiger partial charge in [0.1, 0.15) is 5.78 Å². The lowest BCUT2D eigenvalue weighted by atomic mass is 9.60. The van der Waals surface area contributed by atoms with Gasteiger partial charge in [-0.15, -0.1) is 0 Å². The van der Waals surface area contributed by atoms with Gasteiger partial charge in [0.2, 0.25) is 0 Å². The molecule has 0 aromatic carbocycles. The molecule has 3 aliphatic rings. The topological polar surface area (TPSA) is 17.1 Å². The first-order valence-corrected chi connectivity index (χ1v) is 7.91. The maximum absolute atomic E-state index is 12.5. The zero-order chi connectivity index (χ0) is 13.1. The molecule has 2 unspecified atom stereocenters. The van der Waals surface area contributed by atoms with Crippen molar-refractivity contribution in [1.82, 2.24) is 0 Å². The molecule has 2 bridgehead atoms. The number of carbonyl (C=O) groups excluding carboxylic acids is 1. The zero-order valence-corrected chi connectivity index (χ0v) is 12.5. The Morgan fingerprint density at radius 3 is 2.39 bits per heavy atom. The molecule has 3 fully saturated rings. The number of rotatable bonds is 1. The summed E-state index contributed by atoms with van der Waals surface area (Å²) in [5.74, 6) is 2.87. The molecule has 0 spiro atoms. The molecular formula is C17H28O. The van der Waals surface area contributed by atoms with Crippen LogP contribution in [0.3, 0.4) is 0 Å². The Kier molecular flexibility index (Phi) is 2.70. The van der Waals surface area contributed by atoms with Crippen molar-refractivity contribution in [2.45, 2.75) is 66.2 Å². The van der Waals surface area contributed by atoms with E-state index in [2.05, 4.69) is 27.7 Å². The molecule has 0 aromatic heterocycles. The van der Waals surface area contributed by atoms with Gasteiger partial charge in [-0.1, -0.05) is 34.1 Å². The molecule has 0 aliphatic heterocycles. The van der Waals surface area contributed by atoms with Crippen LogP contribution in [0.25, 0.3) is 0 Å². The highest BCUT2D eigenvalue weighted by Crippen LogP contribution is 2.70. The van der Waals surface area contributed by atoms with Crippen LogP contribution >= 0.6 is 0 Å². The minimum atomic E-state index is 0.328. The van der Waals surface area contributed by atoms with Crippen LogP contribution in [0.5, 0.6) is 0 Å². The van der Waals surface area contributed by atoms with Crippen LogP contribution in [-0.2, 0) is 4.79 Å². The summed E-state index contributed by atoms with van der Waals surface area (Å²) in [5.41, 5.74) is 0.883. The van der Waals surface area contributed by atoms with Gasteiger partial charge in [-0.3, -0.25) is 4.79 Å². The molecule has 102 valence electrons. The van der Waals surface area contributed by atoms with E-state index in [1.165, 1.54) is 32.1 Å². The average Bonchev–Trinajstić information content (AvgIpc) is 2.65. The van der Waals surface area contributed by atoms with Gasteiger partial charge in [-0.25, -0.2) is 0 Å². The van der Waals surface area contributed by atoms with E-state index in [1.807, 2.05) is 0 Å². The van der Waals surface area contributed by atoms with Crippen LogP contribution in [-0.4, -0.2) is 5.78 Å². The SMILES string of the molecule is CC1CCCC([C@H]2C[C@@H]3CC[C@@]2(C)C3(C)C)C1=O. The summed E-state index contributed by atoms with van der Waals surface area (Å²) in [4.78, 5) is 12.5. The second-order valence-corrected chi connectivity index (χ2v) is 8.06. The quantitative estimate of drug-likeness (QED) is 0.670. The minimum Gasteiger partial charge on any atom is -0.299 e. The van der Waals surface area contributed by atoms with Crippen molar-refractivity contribution in [2.24, 2.45) is 34.5 Å². The number of Topliss-reactive ketones (excluding diaryl/α,β-unsaturated/α-hetero) is 1. The normalized spacial score (nSPS) is 50.8. The molecular weight excluding hydrogens is 220 g/mol. The highest BCUT2D eigenvalue weighted by Gasteiger charge is 2.63. The lowest BCUT2D eigenvalue weighted by molar-refractivity contribution is -0.133. The lowest BCUT2D eigenvalue weighted by Crippen LogP contribution is -2.41. The lowest BCUT2D eigenvalue weighted by Gasteiger charge is -2.44. The van der Waals surface area contributed by atoms with E-state index in [0.29, 0.717) is 34.4 Å². The summed E-state index contributed by atoms with van der Waals surface area (Å²) in [6.07, 6.45) is 7.66. The van der Waals surface area contributed by atoms with E-state index in [1.54, 1.807) is 0 Å². The molecule has 1 nitrogen and oxygen atoms in total. The molecule has 0 N–H and O–H groups in total. The predicted octanol–water partition coefficient (Wildman–Crippen LogP) is 4.45. The Balaban J connectivity index is 1.89. The second kappa shape index (κ2) is 3.84. The van der Waals surface area contributed by atoms with Crippen molar-refractivity contribution >= 4 is 5.78 Å². The molecule has 3 aliphatic carbocycles. The Morgan fingerprint density at radius 2 is 1.83 bits per heavy atom. The van der Waals surface area contributed by atoms with Gasteiger partial charge in [-0.05, 0) is 54.8 Å². The van der Waals surface area contributed by atoms with Gasteiger partial charge in [-0.2, -0.15) is 0 Å². The number of hydrogen-bond acceptors (Lipinski definition) is 1. The fraction of sp³-hybridized carbons (Fsp3) is 0.941. The summed E-state index contributed by atoms with van der Waals surface area (Å²) >= 11 is 0. The van der Waals surface area contributed by atoms with Gasteiger partial charge < -0.3 is 0 Å². The molecule has 5 atom stereocenters. The van der Waals surface area contributed by atoms with Crippen LogP contribution in [0.2, 0.25) is 0 Å².